The average Bonchev–Trinajstić information content (AvgIpc) is 2.75. The van der Waals surface area contributed by atoms with Crippen molar-refractivity contribution in [2.75, 3.05) is 12.8 Å². The minimum Gasteiger partial charge on any atom is -0.497 e. The molecule has 2 rings (SSSR count). The molecule has 4 nitrogen and oxygen atoms in total. The molecule has 20 heavy (non-hydrogen) atoms. The van der Waals surface area contributed by atoms with Crippen LogP contribution in [-0.2, 0) is 0 Å². The number of hydrogen-bond donors (Lipinski definition) is 2. The van der Waals surface area contributed by atoms with Gasteiger partial charge in [0.1, 0.15) is 10.6 Å². The van der Waals surface area contributed by atoms with Gasteiger partial charge in [0.15, 0.2) is 0 Å². The molecule has 106 valence electrons. The minimum absolute atomic E-state index is 0.0409. The van der Waals surface area contributed by atoms with Gasteiger partial charge in [-0.05, 0) is 31.5 Å². The summed E-state index contributed by atoms with van der Waals surface area (Å²) in [7, 11) is 1.61. The molecule has 0 aliphatic carbocycles. The van der Waals surface area contributed by atoms with Gasteiger partial charge in [-0.1, -0.05) is 6.08 Å². The first-order valence-corrected chi connectivity index (χ1v) is 7.16. The maximum absolute atomic E-state index is 12.2. The number of ether oxygens (including phenoxy) is 1. The number of hydrogen-bond acceptors (Lipinski definition) is 4. The summed E-state index contributed by atoms with van der Waals surface area (Å²) in [6.45, 7) is 5.60. The molecule has 0 bridgehead atoms. The van der Waals surface area contributed by atoms with Crippen molar-refractivity contribution >= 4 is 33.0 Å². The van der Waals surface area contributed by atoms with Gasteiger partial charge in [-0.25, -0.2) is 0 Å². The van der Waals surface area contributed by atoms with Crippen molar-refractivity contribution in [1.82, 2.24) is 5.32 Å². The minimum atomic E-state index is -0.142. The van der Waals surface area contributed by atoms with Gasteiger partial charge in [-0.15, -0.1) is 17.9 Å². The number of methoxy groups -OCH3 is 1. The van der Waals surface area contributed by atoms with Gasteiger partial charge < -0.3 is 15.8 Å². The van der Waals surface area contributed by atoms with Crippen LogP contribution in [0.4, 0.5) is 5.69 Å². The van der Waals surface area contributed by atoms with Crippen molar-refractivity contribution in [3.63, 3.8) is 0 Å². The highest BCUT2D eigenvalue weighted by Gasteiger charge is 2.17. The number of rotatable bonds is 5. The number of nitrogen functional groups attached to an aromatic ring is 1. The highest BCUT2D eigenvalue weighted by Crippen LogP contribution is 2.35. The highest BCUT2D eigenvalue weighted by atomic mass is 32.1. The normalized spacial score (nSPS) is 12.1. The van der Waals surface area contributed by atoms with Gasteiger partial charge in [0.05, 0.1) is 12.8 Å². The first kappa shape index (κ1) is 14.4. The summed E-state index contributed by atoms with van der Waals surface area (Å²) >= 11 is 1.38. The molecule has 0 saturated carbocycles. The molecule has 3 N–H and O–H groups in total. The van der Waals surface area contributed by atoms with Crippen LogP contribution in [0, 0.1) is 0 Å². The average molecular weight is 290 g/mol. The molecule has 1 aromatic carbocycles. The molecule has 1 atom stereocenters. The van der Waals surface area contributed by atoms with Crippen LogP contribution in [0.5, 0.6) is 5.75 Å². The highest BCUT2D eigenvalue weighted by molar-refractivity contribution is 7.21. The van der Waals surface area contributed by atoms with E-state index in [-0.39, 0.29) is 11.9 Å². The topological polar surface area (TPSA) is 64.3 Å². The van der Waals surface area contributed by atoms with Crippen LogP contribution in [0.3, 0.4) is 0 Å². The van der Waals surface area contributed by atoms with E-state index < -0.39 is 0 Å². The van der Waals surface area contributed by atoms with Gasteiger partial charge in [0.25, 0.3) is 5.91 Å². The number of nitrogens with two attached hydrogens (primary N) is 1. The zero-order valence-corrected chi connectivity index (χ0v) is 12.4. The van der Waals surface area contributed by atoms with Gasteiger partial charge in [0.2, 0.25) is 0 Å². The Bertz CT molecular complexity index is 649. The summed E-state index contributed by atoms with van der Waals surface area (Å²) in [5, 5.41) is 3.80. The Morgan fingerprint density at radius 3 is 3.00 bits per heavy atom. The number of benzene rings is 1. The van der Waals surface area contributed by atoms with E-state index in [0.717, 1.165) is 22.3 Å². The van der Waals surface area contributed by atoms with Crippen LogP contribution in [0.25, 0.3) is 10.1 Å². The summed E-state index contributed by atoms with van der Waals surface area (Å²) in [4.78, 5) is 12.8. The monoisotopic (exact) mass is 290 g/mol. The van der Waals surface area contributed by atoms with Gasteiger partial charge in [-0.3, -0.25) is 4.79 Å². The molecule has 0 spiro atoms. The third-order valence-electron chi connectivity index (χ3n) is 3.04. The third kappa shape index (κ3) is 2.77. The Morgan fingerprint density at radius 2 is 2.35 bits per heavy atom. The molecule has 5 heteroatoms. The third-order valence-corrected chi connectivity index (χ3v) is 4.21. The number of carbonyl (C=O) groups excluding carboxylic acids is 1. The second kappa shape index (κ2) is 5.96. The van der Waals surface area contributed by atoms with E-state index in [0.29, 0.717) is 10.6 Å². The standard InChI is InChI=1S/C15H18N2O2S/c1-4-5-9(2)17-15(18)14-13(16)11-7-6-10(19-3)8-12(11)20-14/h4,6-9H,1,5,16H2,2-3H3,(H,17,18). The number of thiophene rings is 1. The van der Waals surface area contributed by atoms with Crippen molar-refractivity contribution in [1.29, 1.82) is 0 Å². The first-order chi connectivity index (χ1) is 9.56. The number of anilines is 1. The molecular formula is C15H18N2O2S. The summed E-state index contributed by atoms with van der Waals surface area (Å²) < 4.78 is 6.13. The quantitative estimate of drug-likeness (QED) is 0.831. The lowest BCUT2D eigenvalue weighted by atomic mass is 10.2. The molecule has 1 amide bonds. The fraction of sp³-hybridized carbons (Fsp3) is 0.267. The lowest BCUT2D eigenvalue weighted by molar-refractivity contribution is 0.0945. The van der Waals surface area contributed by atoms with Gasteiger partial charge in [0, 0.05) is 16.1 Å². The molecule has 0 aliphatic rings. The Hall–Kier alpha value is -2.01. The number of nitrogens with one attached hydrogen (secondary N) is 1. The first-order valence-electron chi connectivity index (χ1n) is 6.34. The Balaban J connectivity index is 2.32. The van der Waals surface area contributed by atoms with Gasteiger partial charge in [-0.2, -0.15) is 0 Å². The van der Waals surface area contributed by atoms with E-state index in [9.17, 15) is 4.79 Å². The Labute approximate surface area is 122 Å². The van der Waals surface area contributed by atoms with Crippen LogP contribution in [-0.4, -0.2) is 19.1 Å². The van der Waals surface area contributed by atoms with Crippen LogP contribution >= 0.6 is 11.3 Å². The smallest absolute Gasteiger partial charge is 0.263 e. The van der Waals surface area contributed by atoms with Crippen molar-refractivity contribution < 1.29 is 9.53 Å². The Kier molecular flexibility index (Phi) is 4.29. The lowest BCUT2D eigenvalue weighted by Gasteiger charge is -2.10. The Morgan fingerprint density at radius 1 is 1.60 bits per heavy atom. The predicted molar refractivity (Wildman–Crippen MR) is 84.5 cm³/mol. The number of carbonyl (C=O) groups is 1. The molecular weight excluding hydrogens is 272 g/mol. The maximum Gasteiger partial charge on any atom is 0.263 e. The van der Waals surface area contributed by atoms with E-state index in [2.05, 4.69) is 11.9 Å². The molecule has 2 aromatic rings. The SMILES string of the molecule is C=CCC(C)NC(=O)c1sc2cc(OC)ccc2c1N. The van der Waals surface area contributed by atoms with E-state index >= 15 is 0 Å². The summed E-state index contributed by atoms with van der Waals surface area (Å²) in [5.74, 6) is 0.614. The molecule has 1 heterocycles. The molecule has 0 aliphatic heterocycles. The molecule has 0 fully saturated rings. The van der Waals surface area contributed by atoms with Crippen LogP contribution in [0.1, 0.15) is 23.0 Å². The predicted octanol–water partition coefficient (Wildman–Crippen LogP) is 3.19. The fourth-order valence-corrected chi connectivity index (χ4v) is 3.05. The second-order valence-corrected chi connectivity index (χ2v) is 5.66. The fourth-order valence-electron chi connectivity index (χ4n) is 1.99. The van der Waals surface area contributed by atoms with E-state index in [1.807, 2.05) is 25.1 Å². The molecule has 0 radical (unpaired) electrons. The largest absolute Gasteiger partial charge is 0.497 e. The van der Waals surface area contributed by atoms with Crippen molar-refractivity contribution in [3.8, 4) is 5.75 Å². The van der Waals surface area contributed by atoms with Crippen molar-refractivity contribution in [3.05, 3.63) is 35.7 Å². The summed E-state index contributed by atoms with van der Waals surface area (Å²) in [6.07, 6.45) is 2.51. The molecule has 0 saturated heterocycles. The van der Waals surface area contributed by atoms with Crippen LogP contribution in [0.2, 0.25) is 0 Å². The zero-order chi connectivity index (χ0) is 14.7. The lowest BCUT2D eigenvalue weighted by Crippen LogP contribution is -2.31. The molecule has 1 unspecified atom stereocenters. The van der Waals surface area contributed by atoms with E-state index in [4.69, 9.17) is 10.5 Å². The van der Waals surface area contributed by atoms with Crippen molar-refractivity contribution in [2.24, 2.45) is 0 Å². The number of fused-ring (bicyclic) bond motifs is 1. The van der Waals surface area contributed by atoms with E-state index in [1.165, 1.54) is 11.3 Å². The number of amides is 1. The van der Waals surface area contributed by atoms with Crippen LogP contribution < -0.4 is 15.8 Å². The molecule has 1 aromatic heterocycles. The van der Waals surface area contributed by atoms with Crippen molar-refractivity contribution in [2.45, 2.75) is 19.4 Å². The second-order valence-electron chi connectivity index (χ2n) is 4.61. The summed E-state index contributed by atoms with van der Waals surface area (Å²) in [6, 6.07) is 5.65. The maximum atomic E-state index is 12.2. The summed E-state index contributed by atoms with van der Waals surface area (Å²) in [5.41, 5.74) is 6.59. The zero-order valence-electron chi connectivity index (χ0n) is 11.6. The van der Waals surface area contributed by atoms with Crippen LogP contribution in [0.15, 0.2) is 30.9 Å². The van der Waals surface area contributed by atoms with E-state index in [1.54, 1.807) is 13.2 Å². The van der Waals surface area contributed by atoms with Gasteiger partial charge >= 0.3 is 0 Å².